The number of amides is 2. The number of aliphatic carboxylic acids is 1. The molecular weight excluding hydrogens is 392 g/mol. The lowest BCUT2D eigenvalue weighted by Crippen LogP contribution is -2.53. The van der Waals surface area contributed by atoms with Gasteiger partial charge < -0.3 is 29.7 Å². The SMILES string of the molecule is COc1cc(C)cc2oc(=O)c(CC(=O)NCC(=O)N[C@H](C(=O)[O-])C(C)C)c(C)c12. The first-order chi connectivity index (χ1) is 14.0. The lowest BCUT2D eigenvalue weighted by molar-refractivity contribution is -0.309. The molecule has 30 heavy (non-hydrogen) atoms. The van der Waals surface area contributed by atoms with Gasteiger partial charge in [-0.1, -0.05) is 13.8 Å². The van der Waals surface area contributed by atoms with Crippen molar-refractivity contribution >= 4 is 28.8 Å². The molecule has 0 radical (unpaired) electrons. The van der Waals surface area contributed by atoms with E-state index in [1.807, 2.05) is 6.92 Å². The summed E-state index contributed by atoms with van der Waals surface area (Å²) in [7, 11) is 1.50. The van der Waals surface area contributed by atoms with E-state index in [0.717, 1.165) is 5.56 Å². The summed E-state index contributed by atoms with van der Waals surface area (Å²) in [5, 5.41) is 16.3. The molecule has 1 heterocycles. The van der Waals surface area contributed by atoms with Crippen LogP contribution in [0.1, 0.15) is 30.5 Å². The fraction of sp³-hybridized carbons (Fsp3) is 0.429. The zero-order valence-electron chi connectivity index (χ0n) is 17.6. The molecule has 1 atom stereocenters. The minimum atomic E-state index is -1.40. The van der Waals surface area contributed by atoms with Crippen molar-refractivity contribution in [1.82, 2.24) is 10.6 Å². The van der Waals surface area contributed by atoms with Gasteiger partial charge in [-0.2, -0.15) is 0 Å². The van der Waals surface area contributed by atoms with Crippen LogP contribution < -0.4 is 26.1 Å². The Morgan fingerprint density at radius 1 is 1.17 bits per heavy atom. The third kappa shape index (κ3) is 5.16. The number of rotatable bonds is 8. The molecule has 0 unspecified atom stereocenters. The van der Waals surface area contributed by atoms with Gasteiger partial charge in [0.25, 0.3) is 0 Å². The van der Waals surface area contributed by atoms with Gasteiger partial charge in [0.2, 0.25) is 11.8 Å². The second-order valence-electron chi connectivity index (χ2n) is 7.40. The van der Waals surface area contributed by atoms with Crippen molar-refractivity contribution in [3.8, 4) is 5.75 Å². The summed E-state index contributed by atoms with van der Waals surface area (Å²) < 4.78 is 10.7. The number of carbonyl (C=O) groups is 3. The van der Waals surface area contributed by atoms with Crippen molar-refractivity contribution in [3.63, 3.8) is 0 Å². The maximum atomic E-state index is 12.4. The highest BCUT2D eigenvalue weighted by Gasteiger charge is 2.20. The van der Waals surface area contributed by atoms with Gasteiger partial charge in [-0.3, -0.25) is 9.59 Å². The van der Waals surface area contributed by atoms with E-state index in [0.29, 0.717) is 22.3 Å². The molecule has 9 heteroatoms. The van der Waals surface area contributed by atoms with Crippen LogP contribution in [0.4, 0.5) is 0 Å². The molecule has 0 bridgehead atoms. The zero-order valence-corrected chi connectivity index (χ0v) is 17.6. The number of carboxylic acids is 1. The Morgan fingerprint density at radius 3 is 2.40 bits per heavy atom. The second kappa shape index (κ2) is 9.43. The van der Waals surface area contributed by atoms with E-state index in [2.05, 4.69) is 10.6 Å². The number of methoxy groups -OCH3 is 1. The fourth-order valence-electron chi connectivity index (χ4n) is 3.13. The second-order valence-corrected chi connectivity index (χ2v) is 7.40. The Hall–Kier alpha value is -3.36. The van der Waals surface area contributed by atoms with E-state index in [4.69, 9.17) is 9.15 Å². The minimum Gasteiger partial charge on any atom is -0.548 e. The molecule has 0 saturated heterocycles. The molecule has 9 nitrogen and oxygen atoms in total. The number of carbonyl (C=O) groups excluding carboxylic acids is 3. The number of carboxylic acid groups (broad SMARTS) is 1. The average molecular weight is 417 g/mol. The van der Waals surface area contributed by atoms with E-state index in [9.17, 15) is 24.3 Å². The molecule has 2 N–H and O–H groups in total. The van der Waals surface area contributed by atoms with Crippen molar-refractivity contribution in [3.05, 3.63) is 39.2 Å². The van der Waals surface area contributed by atoms with Gasteiger partial charge in [0.15, 0.2) is 0 Å². The highest BCUT2D eigenvalue weighted by molar-refractivity contribution is 5.91. The standard InChI is InChI=1S/C21H26N2O7/c1-10(2)19(20(26)27)23-17(25)9-22-16(24)8-13-12(4)18-14(29-5)6-11(3)7-15(18)30-21(13)28/h6-7,10,19H,8-9H2,1-5H3,(H,22,24)(H,23,25)(H,26,27)/p-1/t19-/m0/s1. The minimum absolute atomic E-state index is 0.150. The van der Waals surface area contributed by atoms with Gasteiger partial charge >= 0.3 is 5.63 Å². The van der Waals surface area contributed by atoms with E-state index in [1.165, 1.54) is 7.11 Å². The highest BCUT2D eigenvalue weighted by Crippen LogP contribution is 2.30. The molecule has 2 amide bonds. The molecule has 162 valence electrons. The first kappa shape index (κ1) is 22.9. The van der Waals surface area contributed by atoms with Crippen molar-refractivity contribution in [2.75, 3.05) is 13.7 Å². The molecule has 1 aromatic carbocycles. The van der Waals surface area contributed by atoms with Crippen LogP contribution in [0.15, 0.2) is 21.3 Å². The van der Waals surface area contributed by atoms with Crippen LogP contribution in [-0.2, 0) is 20.8 Å². The average Bonchev–Trinajstić information content (AvgIpc) is 2.66. The van der Waals surface area contributed by atoms with E-state index in [-0.39, 0.29) is 17.9 Å². The van der Waals surface area contributed by atoms with Crippen molar-refractivity contribution in [2.45, 2.75) is 40.2 Å². The molecule has 0 spiro atoms. The Kier molecular flexibility index (Phi) is 7.20. The molecule has 0 aliphatic rings. The molecule has 0 saturated carbocycles. The van der Waals surface area contributed by atoms with Gasteiger partial charge in [-0.05, 0) is 43.0 Å². The zero-order chi connectivity index (χ0) is 22.6. The monoisotopic (exact) mass is 417 g/mol. The maximum absolute atomic E-state index is 12.4. The predicted molar refractivity (Wildman–Crippen MR) is 107 cm³/mol. The van der Waals surface area contributed by atoms with Crippen molar-refractivity contribution in [2.24, 2.45) is 5.92 Å². The lowest BCUT2D eigenvalue weighted by Gasteiger charge is -2.23. The Balaban J connectivity index is 2.15. The van der Waals surface area contributed by atoms with Gasteiger partial charge in [-0.15, -0.1) is 0 Å². The summed E-state index contributed by atoms with van der Waals surface area (Å²) in [6.45, 7) is 6.34. The number of ether oxygens (including phenoxy) is 1. The van der Waals surface area contributed by atoms with Gasteiger partial charge in [0.05, 0.1) is 43.0 Å². The summed E-state index contributed by atoms with van der Waals surface area (Å²) in [6, 6.07) is 2.34. The van der Waals surface area contributed by atoms with Crippen LogP contribution >= 0.6 is 0 Å². The van der Waals surface area contributed by atoms with Crippen LogP contribution in [0.5, 0.6) is 5.75 Å². The normalized spacial score (nSPS) is 11.9. The van der Waals surface area contributed by atoms with Gasteiger partial charge in [-0.25, -0.2) is 4.79 Å². The molecule has 1 aromatic heterocycles. The largest absolute Gasteiger partial charge is 0.548 e. The van der Waals surface area contributed by atoms with Crippen LogP contribution in [0, 0.1) is 19.8 Å². The number of fused-ring (bicyclic) bond motifs is 1. The Morgan fingerprint density at radius 2 is 1.83 bits per heavy atom. The van der Waals surface area contributed by atoms with E-state index < -0.39 is 36.0 Å². The summed E-state index contributed by atoms with van der Waals surface area (Å²) in [6.07, 6.45) is -0.303. The van der Waals surface area contributed by atoms with Crippen LogP contribution in [-0.4, -0.2) is 37.5 Å². The lowest BCUT2D eigenvalue weighted by atomic mass is 10.0. The first-order valence-corrected chi connectivity index (χ1v) is 9.43. The van der Waals surface area contributed by atoms with Gasteiger partial charge in [0, 0.05) is 0 Å². The summed E-state index contributed by atoms with van der Waals surface area (Å²) in [4.78, 5) is 47.7. The predicted octanol–water partition coefficient (Wildman–Crippen LogP) is -0.0322. The topological polar surface area (TPSA) is 138 Å². The van der Waals surface area contributed by atoms with E-state index >= 15 is 0 Å². The summed E-state index contributed by atoms with van der Waals surface area (Å²) in [5.74, 6) is -2.52. The first-order valence-electron chi connectivity index (χ1n) is 9.43. The number of hydrogen-bond donors (Lipinski definition) is 2. The Bertz CT molecular complexity index is 1040. The summed E-state index contributed by atoms with van der Waals surface area (Å²) in [5.41, 5.74) is 1.27. The van der Waals surface area contributed by atoms with Gasteiger partial charge in [0.1, 0.15) is 11.3 Å². The number of hydrogen-bond acceptors (Lipinski definition) is 7. The smallest absolute Gasteiger partial charge is 0.340 e. The third-order valence-electron chi connectivity index (χ3n) is 4.73. The Labute approximate surface area is 173 Å². The highest BCUT2D eigenvalue weighted by atomic mass is 16.5. The van der Waals surface area contributed by atoms with Crippen LogP contribution in [0.3, 0.4) is 0 Å². The quantitative estimate of drug-likeness (QED) is 0.575. The summed E-state index contributed by atoms with van der Waals surface area (Å²) >= 11 is 0. The van der Waals surface area contributed by atoms with Crippen LogP contribution in [0.2, 0.25) is 0 Å². The number of benzene rings is 1. The van der Waals surface area contributed by atoms with E-state index in [1.54, 1.807) is 32.9 Å². The molecule has 0 fully saturated rings. The molecule has 0 aliphatic heterocycles. The fourth-order valence-corrected chi connectivity index (χ4v) is 3.13. The van der Waals surface area contributed by atoms with Crippen LogP contribution in [0.25, 0.3) is 11.0 Å². The molecule has 2 aromatic rings. The number of nitrogens with one attached hydrogen (secondary N) is 2. The molecule has 2 rings (SSSR count). The van der Waals surface area contributed by atoms with Crippen molar-refractivity contribution in [1.29, 1.82) is 0 Å². The third-order valence-corrected chi connectivity index (χ3v) is 4.73. The molecule has 0 aliphatic carbocycles. The number of aryl methyl sites for hydroxylation is 2. The molecular formula is C21H25N2O7-. The maximum Gasteiger partial charge on any atom is 0.340 e. The van der Waals surface area contributed by atoms with Crippen molar-refractivity contribution < 1.29 is 28.6 Å².